The van der Waals surface area contributed by atoms with Crippen molar-refractivity contribution in [1.29, 1.82) is 0 Å². The first-order chi connectivity index (χ1) is 11.0. The molecule has 0 bridgehead atoms. The van der Waals surface area contributed by atoms with Gasteiger partial charge in [0, 0.05) is 17.6 Å². The van der Waals surface area contributed by atoms with Crippen LogP contribution in [0.2, 0.25) is 0 Å². The van der Waals surface area contributed by atoms with Crippen LogP contribution in [0.15, 0.2) is 28.4 Å². The van der Waals surface area contributed by atoms with Crippen molar-refractivity contribution in [2.75, 3.05) is 12.4 Å². The van der Waals surface area contributed by atoms with Crippen LogP contribution in [0.1, 0.15) is 29.8 Å². The highest BCUT2D eigenvalue weighted by molar-refractivity contribution is 7.90. The van der Waals surface area contributed by atoms with E-state index in [0.29, 0.717) is 18.0 Å². The molecule has 3 heterocycles. The minimum atomic E-state index is -3.75. The summed E-state index contributed by atoms with van der Waals surface area (Å²) in [5.74, 6) is -0.941. The van der Waals surface area contributed by atoms with E-state index in [1.807, 2.05) is 0 Å². The molecule has 1 aliphatic heterocycles. The van der Waals surface area contributed by atoms with Gasteiger partial charge in [-0.25, -0.2) is 18.1 Å². The number of sulfonamides is 1. The fourth-order valence-electron chi connectivity index (χ4n) is 2.32. The Balaban J connectivity index is 1.64. The molecule has 2 aromatic rings. The van der Waals surface area contributed by atoms with Gasteiger partial charge in [0.05, 0.1) is 18.1 Å². The number of aromatic nitrogens is 1. The zero-order valence-corrected chi connectivity index (χ0v) is 13.9. The van der Waals surface area contributed by atoms with Gasteiger partial charge in [-0.15, -0.1) is 11.3 Å². The molecule has 0 aromatic carbocycles. The Hall–Kier alpha value is -1.71. The summed E-state index contributed by atoms with van der Waals surface area (Å²) in [6, 6.07) is 1.72. The molecule has 1 atom stereocenters. The topological polar surface area (TPSA) is 98.5 Å². The van der Waals surface area contributed by atoms with E-state index in [2.05, 4.69) is 9.71 Å². The minimum Gasteiger partial charge on any atom is -0.472 e. The minimum absolute atomic E-state index is 0.0688. The molecule has 7 nitrogen and oxygen atoms in total. The molecule has 2 aromatic heterocycles. The fraction of sp³-hybridized carbons (Fsp3) is 0.429. The lowest BCUT2D eigenvalue weighted by molar-refractivity contribution is 0.0304. The number of ether oxygens (including phenoxy) is 1. The highest BCUT2D eigenvalue weighted by Gasteiger charge is 2.25. The quantitative estimate of drug-likeness (QED) is 0.880. The molecule has 9 heteroatoms. The molecule has 1 fully saturated rings. The van der Waals surface area contributed by atoms with E-state index in [1.165, 1.54) is 29.2 Å². The monoisotopic (exact) mass is 356 g/mol. The van der Waals surface area contributed by atoms with E-state index in [0.717, 1.165) is 18.4 Å². The number of carbonyl (C=O) groups excluding carboxylic acids is 1. The zero-order chi connectivity index (χ0) is 16.3. The van der Waals surface area contributed by atoms with Crippen LogP contribution in [0.3, 0.4) is 0 Å². The van der Waals surface area contributed by atoms with E-state index < -0.39 is 15.9 Å². The summed E-state index contributed by atoms with van der Waals surface area (Å²) in [5.41, 5.74) is 0.812. The maximum atomic E-state index is 12.1. The van der Waals surface area contributed by atoms with Gasteiger partial charge in [-0.1, -0.05) is 0 Å². The summed E-state index contributed by atoms with van der Waals surface area (Å²) in [6.45, 7) is 0.564. The first kappa shape index (κ1) is 16.2. The second-order valence-electron chi connectivity index (χ2n) is 5.25. The molecular weight excluding hydrogens is 340 g/mol. The van der Waals surface area contributed by atoms with Crippen molar-refractivity contribution in [2.24, 2.45) is 0 Å². The van der Waals surface area contributed by atoms with Crippen molar-refractivity contribution in [2.45, 2.75) is 25.4 Å². The van der Waals surface area contributed by atoms with Gasteiger partial charge >= 0.3 is 0 Å². The van der Waals surface area contributed by atoms with Crippen LogP contribution >= 0.6 is 11.3 Å². The van der Waals surface area contributed by atoms with E-state index in [4.69, 9.17) is 9.15 Å². The maximum absolute atomic E-state index is 12.1. The van der Waals surface area contributed by atoms with Crippen LogP contribution in [0.5, 0.6) is 0 Å². The van der Waals surface area contributed by atoms with Crippen LogP contribution < -0.4 is 4.72 Å². The van der Waals surface area contributed by atoms with Crippen LogP contribution in [0, 0.1) is 0 Å². The summed E-state index contributed by atoms with van der Waals surface area (Å²) in [5, 5.41) is 2.11. The lowest BCUT2D eigenvalue weighted by Gasteiger charge is -2.22. The van der Waals surface area contributed by atoms with E-state index in [9.17, 15) is 13.2 Å². The predicted octanol–water partition coefficient (Wildman–Crippen LogP) is 2.03. The largest absolute Gasteiger partial charge is 0.472 e. The third kappa shape index (κ3) is 4.18. The number of furan rings is 1. The summed E-state index contributed by atoms with van der Waals surface area (Å²) >= 11 is 1.25. The number of hydrogen-bond donors (Lipinski definition) is 1. The second-order valence-corrected chi connectivity index (χ2v) is 7.88. The molecule has 124 valence electrons. The van der Waals surface area contributed by atoms with Crippen molar-refractivity contribution in [1.82, 2.24) is 9.71 Å². The van der Waals surface area contributed by atoms with Crippen molar-refractivity contribution in [3.8, 4) is 10.6 Å². The molecule has 1 unspecified atom stereocenters. The number of hydrogen-bond acceptors (Lipinski definition) is 7. The molecule has 0 spiro atoms. The van der Waals surface area contributed by atoms with Crippen LogP contribution in [0.4, 0.5) is 0 Å². The molecule has 0 radical (unpaired) electrons. The highest BCUT2D eigenvalue weighted by atomic mass is 32.2. The van der Waals surface area contributed by atoms with E-state index in [1.54, 1.807) is 6.07 Å². The molecule has 1 saturated heterocycles. The molecule has 23 heavy (non-hydrogen) atoms. The van der Waals surface area contributed by atoms with E-state index >= 15 is 0 Å². The van der Waals surface area contributed by atoms with E-state index in [-0.39, 0.29) is 17.6 Å². The van der Waals surface area contributed by atoms with Crippen molar-refractivity contribution in [3.63, 3.8) is 0 Å². The van der Waals surface area contributed by atoms with Crippen molar-refractivity contribution >= 4 is 27.3 Å². The summed E-state index contributed by atoms with van der Waals surface area (Å²) < 4.78 is 36.5. The number of nitrogens with one attached hydrogen (secondary N) is 1. The summed E-state index contributed by atoms with van der Waals surface area (Å²) in [4.78, 5) is 16.2. The third-order valence-corrected chi connectivity index (χ3v) is 5.63. The number of amides is 1. The normalized spacial score (nSPS) is 18.7. The lowest BCUT2D eigenvalue weighted by Crippen LogP contribution is -2.38. The van der Waals surface area contributed by atoms with Gasteiger partial charge in [0.15, 0.2) is 0 Å². The van der Waals surface area contributed by atoms with Gasteiger partial charge in [0.25, 0.3) is 5.91 Å². The van der Waals surface area contributed by atoms with Crippen LogP contribution in [0.25, 0.3) is 10.6 Å². The van der Waals surface area contributed by atoms with Gasteiger partial charge in [0.1, 0.15) is 17.0 Å². The Morgan fingerprint density at radius 1 is 1.43 bits per heavy atom. The van der Waals surface area contributed by atoms with Crippen molar-refractivity contribution in [3.05, 3.63) is 29.7 Å². The average Bonchev–Trinajstić information content (AvgIpc) is 3.18. The molecule has 3 rings (SSSR count). The molecule has 1 N–H and O–H groups in total. The number of carbonyl (C=O) groups is 1. The molecule has 1 amide bonds. The lowest BCUT2D eigenvalue weighted by atomic mass is 10.1. The number of thiazole rings is 1. The Kier molecular flexibility index (Phi) is 4.79. The molecule has 0 aliphatic carbocycles. The molecule has 0 saturated carbocycles. The standard InChI is InChI=1S/C14H16N2O5S2/c17-13(12-8-22-14(15-12)10-4-6-20-7-10)16-23(18,19)9-11-3-1-2-5-21-11/h4,6-8,11H,1-3,5,9H2,(H,16,17). The van der Waals surface area contributed by atoms with Crippen LogP contribution in [-0.2, 0) is 14.8 Å². The van der Waals surface area contributed by atoms with Gasteiger partial charge in [-0.05, 0) is 25.3 Å². The fourth-order valence-corrected chi connectivity index (χ4v) is 4.32. The molecular formula is C14H16N2O5S2. The first-order valence-electron chi connectivity index (χ1n) is 7.18. The zero-order valence-electron chi connectivity index (χ0n) is 12.2. The SMILES string of the molecule is O=C(NS(=O)(=O)CC1CCCCO1)c1csc(-c2ccoc2)n1. The summed E-state index contributed by atoms with van der Waals surface area (Å²) in [7, 11) is -3.75. The Morgan fingerprint density at radius 2 is 2.30 bits per heavy atom. The second kappa shape index (κ2) is 6.81. The molecule has 1 aliphatic rings. The highest BCUT2D eigenvalue weighted by Crippen LogP contribution is 2.24. The smallest absolute Gasteiger partial charge is 0.284 e. The van der Waals surface area contributed by atoms with Crippen LogP contribution in [-0.4, -0.2) is 37.8 Å². The third-order valence-electron chi connectivity index (χ3n) is 3.43. The van der Waals surface area contributed by atoms with Gasteiger partial charge < -0.3 is 9.15 Å². The van der Waals surface area contributed by atoms with Gasteiger partial charge in [-0.3, -0.25) is 4.79 Å². The maximum Gasteiger partial charge on any atom is 0.284 e. The number of nitrogens with zero attached hydrogens (tertiary/aromatic N) is 1. The Labute approximate surface area is 137 Å². The predicted molar refractivity (Wildman–Crippen MR) is 84.7 cm³/mol. The Bertz CT molecular complexity index is 761. The Morgan fingerprint density at radius 3 is 3.00 bits per heavy atom. The summed E-state index contributed by atoms with van der Waals surface area (Å²) in [6.07, 6.45) is 5.23. The first-order valence-corrected chi connectivity index (χ1v) is 9.71. The average molecular weight is 356 g/mol. The van der Waals surface area contributed by atoms with Crippen molar-refractivity contribution < 1.29 is 22.4 Å². The van der Waals surface area contributed by atoms with Gasteiger partial charge in [0.2, 0.25) is 10.0 Å². The number of rotatable bonds is 5. The van der Waals surface area contributed by atoms with Gasteiger partial charge in [-0.2, -0.15) is 0 Å².